The molecular weight excluding hydrogens is 280 g/mol. The van der Waals surface area contributed by atoms with Crippen molar-refractivity contribution in [3.8, 4) is 0 Å². The van der Waals surface area contributed by atoms with Gasteiger partial charge in [-0.3, -0.25) is 4.79 Å². The van der Waals surface area contributed by atoms with Crippen molar-refractivity contribution in [2.24, 2.45) is 11.7 Å². The first-order chi connectivity index (χ1) is 8.04. The van der Waals surface area contributed by atoms with E-state index < -0.39 is 0 Å². The molecule has 4 heteroatoms. The highest BCUT2D eigenvalue weighted by Crippen LogP contribution is 2.33. The molecule has 17 heavy (non-hydrogen) atoms. The molecule has 0 bridgehead atoms. The number of halogens is 1. The fourth-order valence-corrected chi connectivity index (χ4v) is 2.47. The number of hydrogen-bond acceptors (Lipinski definition) is 2. The van der Waals surface area contributed by atoms with Gasteiger partial charge in [-0.15, -0.1) is 0 Å². The van der Waals surface area contributed by atoms with Gasteiger partial charge in [0.25, 0.3) is 0 Å². The number of carbonyl (C=O) groups is 1. The van der Waals surface area contributed by atoms with Crippen LogP contribution in [0, 0.1) is 12.8 Å². The van der Waals surface area contributed by atoms with Crippen molar-refractivity contribution in [3.63, 3.8) is 0 Å². The molecule has 1 fully saturated rings. The summed E-state index contributed by atoms with van der Waals surface area (Å²) in [6, 6.07) is 5.43. The van der Waals surface area contributed by atoms with Crippen LogP contribution < -0.4 is 11.1 Å². The average Bonchev–Trinajstić information content (AvgIpc) is 2.99. The molecule has 3 nitrogen and oxygen atoms in total. The fourth-order valence-electron chi connectivity index (χ4n) is 1.86. The molecule has 0 saturated heterocycles. The zero-order valence-electron chi connectivity index (χ0n) is 9.87. The number of nitrogens with two attached hydrogens (primary N) is 1. The number of benzene rings is 1. The molecule has 0 aliphatic heterocycles. The van der Waals surface area contributed by atoms with Crippen molar-refractivity contribution < 1.29 is 4.79 Å². The van der Waals surface area contributed by atoms with Crippen LogP contribution in [-0.2, 0) is 4.79 Å². The number of rotatable bonds is 4. The van der Waals surface area contributed by atoms with E-state index in [1.807, 2.05) is 25.1 Å². The topological polar surface area (TPSA) is 55.1 Å². The summed E-state index contributed by atoms with van der Waals surface area (Å²) in [5.41, 5.74) is 7.76. The zero-order valence-corrected chi connectivity index (χ0v) is 11.5. The molecule has 3 N–H and O–H groups in total. The zero-order chi connectivity index (χ0) is 12.4. The van der Waals surface area contributed by atoms with E-state index in [-0.39, 0.29) is 11.9 Å². The van der Waals surface area contributed by atoms with Gasteiger partial charge < -0.3 is 11.1 Å². The van der Waals surface area contributed by atoms with E-state index >= 15 is 0 Å². The second-order valence-electron chi connectivity index (χ2n) is 4.79. The lowest BCUT2D eigenvalue weighted by atomic mass is 10.1. The average molecular weight is 297 g/mol. The standard InChI is InChI=1S/C13H17BrN2O/c1-8-4-10(14)7-11(5-8)16-13(17)12(15)6-9-2-3-9/h4-5,7,9,12H,2-3,6,15H2,1H3,(H,16,17)/t12-/m0/s1. The third-order valence-corrected chi connectivity index (χ3v) is 3.39. The summed E-state index contributed by atoms with van der Waals surface area (Å²) in [5.74, 6) is 0.578. The summed E-state index contributed by atoms with van der Waals surface area (Å²) in [7, 11) is 0. The molecule has 1 atom stereocenters. The van der Waals surface area contributed by atoms with E-state index in [4.69, 9.17) is 5.73 Å². The smallest absolute Gasteiger partial charge is 0.241 e. The fraction of sp³-hybridized carbons (Fsp3) is 0.462. The van der Waals surface area contributed by atoms with Gasteiger partial charge in [-0.1, -0.05) is 28.8 Å². The van der Waals surface area contributed by atoms with Gasteiger partial charge in [0, 0.05) is 10.2 Å². The summed E-state index contributed by atoms with van der Waals surface area (Å²) in [6.45, 7) is 1.99. The van der Waals surface area contributed by atoms with Gasteiger partial charge in [0.2, 0.25) is 5.91 Å². The number of nitrogens with one attached hydrogen (secondary N) is 1. The van der Waals surface area contributed by atoms with E-state index in [9.17, 15) is 4.79 Å². The van der Waals surface area contributed by atoms with Crippen LogP contribution in [0.2, 0.25) is 0 Å². The molecule has 0 unspecified atom stereocenters. The van der Waals surface area contributed by atoms with Crippen molar-refractivity contribution >= 4 is 27.5 Å². The summed E-state index contributed by atoms with van der Waals surface area (Å²) < 4.78 is 0.962. The highest BCUT2D eigenvalue weighted by Gasteiger charge is 2.26. The molecule has 1 aromatic rings. The Kier molecular flexibility index (Phi) is 3.84. The Morgan fingerprint density at radius 2 is 2.24 bits per heavy atom. The summed E-state index contributed by atoms with van der Waals surface area (Å²) in [5, 5.41) is 2.86. The largest absolute Gasteiger partial charge is 0.325 e. The van der Waals surface area contributed by atoms with E-state index in [1.54, 1.807) is 0 Å². The van der Waals surface area contributed by atoms with Crippen LogP contribution in [-0.4, -0.2) is 11.9 Å². The minimum absolute atomic E-state index is 0.0885. The lowest BCUT2D eigenvalue weighted by molar-refractivity contribution is -0.117. The Balaban J connectivity index is 1.96. The molecule has 0 spiro atoms. The van der Waals surface area contributed by atoms with Crippen LogP contribution >= 0.6 is 15.9 Å². The molecule has 1 aliphatic rings. The van der Waals surface area contributed by atoms with Crippen molar-refractivity contribution in [3.05, 3.63) is 28.2 Å². The highest BCUT2D eigenvalue weighted by atomic mass is 79.9. The van der Waals surface area contributed by atoms with Gasteiger partial charge in [-0.25, -0.2) is 0 Å². The molecule has 2 rings (SSSR count). The number of hydrogen-bond donors (Lipinski definition) is 2. The van der Waals surface area contributed by atoms with Crippen LogP contribution in [0.5, 0.6) is 0 Å². The second kappa shape index (κ2) is 5.19. The molecule has 92 valence electrons. The number of amides is 1. The first-order valence-corrected chi connectivity index (χ1v) is 6.67. The van der Waals surface area contributed by atoms with Crippen LogP contribution in [0.15, 0.2) is 22.7 Å². The van der Waals surface area contributed by atoms with Gasteiger partial charge in [0.05, 0.1) is 6.04 Å². The Morgan fingerprint density at radius 3 is 2.82 bits per heavy atom. The van der Waals surface area contributed by atoms with Crippen molar-refractivity contribution in [2.75, 3.05) is 5.32 Å². The first kappa shape index (κ1) is 12.6. The minimum atomic E-state index is -0.387. The lowest BCUT2D eigenvalue weighted by Crippen LogP contribution is -2.36. The summed E-state index contributed by atoms with van der Waals surface area (Å²) in [4.78, 5) is 11.8. The Bertz CT molecular complexity index is 409. The Morgan fingerprint density at radius 1 is 1.53 bits per heavy atom. The van der Waals surface area contributed by atoms with E-state index in [1.165, 1.54) is 12.8 Å². The molecule has 1 aromatic carbocycles. The second-order valence-corrected chi connectivity index (χ2v) is 5.71. The van der Waals surface area contributed by atoms with Gasteiger partial charge in [0.15, 0.2) is 0 Å². The third-order valence-electron chi connectivity index (χ3n) is 2.93. The maximum Gasteiger partial charge on any atom is 0.241 e. The third kappa shape index (κ3) is 3.82. The molecule has 0 heterocycles. The van der Waals surface area contributed by atoms with Gasteiger partial charge in [0.1, 0.15) is 0 Å². The van der Waals surface area contributed by atoms with Crippen molar-refractivity contribution in [2.45, 2.75) is 32.2 Å². The quantitative estimate of drug-likeness (QED) is 0.898. The maximum atomic E-state index is 11.8. The monoisotopic (exact) mass is 296 g/mol. The predicted molar refractivity (Wildman–Crippen MR) is 72.8 cm³/mol. The minimum Gasteiger partial charge on any atom is -0.325 e. The van der Waals surface area contributed by atoms with Crippen LogP contribution in [0.25, 0.3) is 0 Å². The molecular formula is C13H17BrN2O. The number of anilines is 1. The number of carbonyl (C=O) groups excluding carboxylic acids is 1. The van der Waals surface area contributed by atoms with Crippen LogP contribution in [0.1, 0.15) is 24.8 Å². The molecule has 1 saturated carbocycles. The van der Waals surface area contributed by atoms with Crippen LogP contribution in [0.3, 0.4) is 0 Å². The molecule has 1 aliphatic carbocycles. The van der Waals surface area contributed by atoms with Crippen molar-refractivity contribution in [1.29, 1.82) is 0 Å². The normalized spacial score (nSPS) is 16.6. The van der Waals surface area contributed by atoms with Gasteiger partial charge in [-0.05, 0) is 43.0 Å². The summed E-state index contributed by atoms with van der Waals surface area (Å²) in [6.07, 6.45) is 3.24. The van der Waals surface area contributed by atoms with E-state index in [0.717, 1.165) is 22.1 Å². The highest BCUT2D eigenvalue weighted by molar-refractivity contribution is 9.10. The Labute approximate surface area is 110 Å². The molecule has 0 radical (unpaired) electrons. The van der Waals surface area contributed by atoms with Crippen molar-refractivity contribution in [1.82, 2.24) is 0 Å². The molecule has 0 aromatic heterocycles. The van der Waals surface area contributed by atoms with E-state index in [2.05, 4.69) is 21.2 Å². The predicted octanol–water partition coefficient (Wildman–Crippen LogP) is 2.82. The van der Waals surface area contributed by atoms with Gasteiger partial charge in [-0.2, -0.15) is 0 Å². The summed E-state index contributed by atoms with van der Waals surface area (Å²) >= 11 is 3.41. The van der Waals surface area contributed by atoms with E-state index in [0.29, 0.717) is 5.92 Å². The Hall–Kier alpha value is -0.870. The molecule has 1 amide bonds. The first-order valence-electron chi connectivity index (χ1n) is 5.88. The SMILES string of the molecule is Cc1cc(Br)cc(NC(=O)[C@@H](N)CC2CC2)c1. The lowest BCUT2D eigenvalue weighted by Gasteiger charge is -2.12. The van der Waals surface area contributed by atoms with Gasteiger partial charge >= 0.3 is 0 Å². The van der Waals surface area contributed by atoms with Crippen LogP contribution in [0.4, 0.5) is 5.69 Å². The number of aryl methyl sites for hydroxylation is 1. The maximum absolute atomic E-state index is 11.8.